The number of rotatable bonds is 8. The van der Waals surface area contributed by atoms with Crippen molar-refractivity contribution in [1.82, 2.24) is 25.0 Å². The largest absolute Gasteiger partial charge is 0.477 e. The standard InChI is InChI=1S/C21H21N5O6S2/c1-2-25-18(30)16(28)23-24-21(25)34-10-12-9-33-19-14(17(29)26(19)15(12)20(31)32)22-13(27)8-11-6-4-3-5-7-11/h3-7,14,19H,2,8-10H2,1H3,(H,22,27)(H,23,28)(H,31,32)/t14-,19+/m1/s1. The number of hydrogen-bond acceptors (Lipinski definition) is 8. The number of carboxylic acids is 1. The SMILES string of the molecule is CCn1c(SCC2=C(C(=O)O)N3C(=O)[C@@H](NC(=O)Cc4ccccc4)[C@@H]3SC2)n[nH]c(=O)c1=O. The normalized spacial score (nSPS) is 19.4. The van der Waals surface area contributed by atoms with Gasteiger partial charge in [-0.3, -0.25) is 28.6 Å². The second kappa shape index (κ2) is 9.89. The molecule has 13 heteroatoms. The van der Waals surface area contributed by atoms with Crippen LogP contribution in [-0.2, 0) is 27.3 Å². The summed E-state index contributed by atoms with van der Waals surface area (Å²) < 4.78 is 1.20. The van der Waals surface area contributed by atoms with E-state index in [-0.39, 0.29) is 35.5 Å². The maximum absolute atomic E-state index is 12.8. The van der Waals surface area contributed by atoms with Gasteiger partial charge in [0.25, 0.3) is 5.91 Å². The van der Waals surface area contributed by atoms with Crippen LogP contribution >= 0.6 is 23.5 Å². The first-order chi connectivity index (χ1) is 16.3. The predicted octanol–water partition coefficient (Wildman–Crippen LogP) is 0.0249. The van der Waals surface area contributed by atoms with Crippen LogP contribution in [0.15, 0.2) is 56.3 Å². The van der Waals surface area contributed by atoms with Crippen LogP contribution in [0.1, 0.15) is 12.5 Å². The van der Waals surface area contributed by atoms with Gasteiger partial charge in [-0.15, -0.1) is 16.9 Å². The highest BCUT2D eigenvalue weighted by Crippen LogP contribution is 2.41. The zero-order valence-electron chi connectivity index (χ0n) is 18.0. The van der Waals surface area contributed by atoms with Gasteiger partial charge in [-0.2, -0.15) is 0 Å². The molecule has 2 aromatic rings. The quantitative estimate of drug-likeness (QED) is 0.257. The van der Waals surface area contributed by atoms with Crippen LogP contribution < -0.4 is 16.4 Å². The molecule has 1 aromatic heterocycles. The molecule has 3 heterocycles. The number of carboxylic acid groups (broad SMARTS) is 1. The molecule has 0 radical (unpaired) electrons. The molecule has 0 unspecified atom stereocenters. The van der Waals surface area contributed by atoms with Gasteiger partial charge in [-0.05, 0) is 18.1 Å². The Kier molecular flexibility index (Phi) is 6.93. The molecule has 1 aromatic carbocycles. The van der Waals surface area contributed by atoms with Crippen LogP contribution in [-0.4, -0.2) is 65.5 Å². The van der Waals surface area contributed by atoms with E-state index in [1.54, 1.807) is 6.92 Å². The Morgan fingerprint density at radius 1 is 1.26 bits per heavy atom. The van der Waals surface area contributed by atoms with Crippen molar-refractivity contribution >= 4 is 41.3 Å². The molecule has 1 fully saturated rings. The van der Waals surface area contributed by atoms with Crippen LogP contribution in [0.25, 0.3) is 0 Å². The molecule has 11 nitrogen and oxygen atoms in total. The van der Waals surface area contributed by atoms with E-state index >= 15 is 0 Å². The van der Waals surface area contributed by atoms with E-state index < -0.39 is 34.4 Å². The van der Waals surface area contributed by atoms with Gasteiger partial charge in [-0.1, -0.05) is 42.1 Å². The summed E-state index contributed by atoms with van der Waals surface area (Å²) >= 11 is 2.47. The minimum absolute atomic E-state index is 0.121. The Bertz CT molecular complexity index is 1290. The molecule has 2 amide bonds. The van der Waals surface area contributed by atoms with Crippen molar-refractivity contribution in [3.05, 3.63) is 67.9 Å². The molecule has 0 bridgehead atoms. The molecular weight excluding hydrogens is 482 g/mol. The molecule has 0 saturated carbocycles. The summed E-state index contributed by atoms with van der Waals surface area (Å²) in [6.45, 7) is 1.93. The van der Waals surface area contributed by atoms with Crippen molar-refractivity contribution in [3.63, 3.8) is 0 Å². The van der Waals surface area contributed by atoms with Crippen LogP contribution in [0.4, 0.5) is 0 Å². The third-order valence-electron chi connectivity index (χ3n) is 5.39. The van der Waals surface area contributed by atoms with Crippen LogP contribution in [0.3, 0.4) is 0 Å². The maximum Gasteiger partial charge on any atom is 0.352 e. The highest BCUT2D eigenvalue weighted by Gasteiger charge is 2.54. The number of hydrogen-bond donors (Lipinski definition) is 3. The van der Waals surface area contributed by atoms with Crippen LogP contribution in [0.2, 0.25) is 0 Å². The molecule has 1 saturated heterocycles. The lowest BCUT2D eigenvalue weighted by Gasteiger charge is -2.49. The number of H-pyrrole nitrogens is 1. The van der Waals surface area contributed by atoms with Crippen LogP contribution in [0, 0.1) is 0 Å². The monoisotopic (exact) mass is 503 g/mol. The first-order valence-electron chi connectivity index (χ1n) is 10.4. The van der Waals surface area contributed by atoms with Crippen molar-refractivity contribution in [2.45, 2.75) is 36.5 Å². The van der Waals surface area contributed by atoms with Crippen LogP contribution in [0.5, 0.6) is 0 Å². The lowest BCUT2D eigenvalue weighted by molar-refractivity contribution is -0.150. The Morgan fingerprint density at radius 2 is 2.00 bits per heavy atom. The lowest BCUT2D eigenvalue weighted by Crippen LogP contribution is -2.70. The molecule has 2 aliphatic heterocycles. The second-order valence-corrected chi connectivity index (χ2v) is 9.60. The fourth-order valence-corrected chi connectivity index (χ4v) is 6.25. The van der Waals surface area contributed by atoms with Gasteiger partial charge < -0.3 is 10.4 Å². The first kappa shape index (κ1) is 23.8. The van der Waals surface area contributed by atoms with Gasteiger partial charge in [0.05, 0.1) is 6.42 Å². The van der Waals surface area contributed by atoms with Crippen molar-refractivity contribution < 1.29 is 19.5 Å². The van der Waals surface area contributed by atoms with Gasteiger partial charge >= 0.3 is 17.1 Å². The number of aliphatic carboxylic acids is 1. The average molecular weight is 504 g/mol. The third kappa shape index (κ3) is 4.53. The summed E-state index contributed by atoms with van der Waals surface area (Å²) in [6, 6.07) is 8.32. The molecule has 0 spiro atoms. The molecule has 34 heavy (non-hydrogen) atoms. The zero-order chi connectivity index (χ0) is 24.4. The van der Waals surface area contributed by atoms with Crippen molar-refractivity contribution in [3.8, 4) is 0 Å². The summed E-state index contributed by atoms with van der Waals surface area (Å²) in [7, 11) is 0. The number of aromatic nitrogens is 3. The summed E-state index contributed by atoms with van der Waals surface area (Å²) in [6.07, 6.45) is 0.122. The van der Waals surface area contributed by atoms with Gasteiger partial charge in [0.2, 0.25) is 5.91 Å². The van der Waals surface area contributed by atoms with Gasteiger partial charge in [0.1, 0.15) is 17.1 Å². The van der Waals surface area contributed by atoms with Gasteiger partial charge in [0.15, 0.2) is 5.16 Å². The number of carbonyl (C=O) groups is 3. The number of nitrogens with zero attached hydrogens (tertiary/aromatic N) is 3. The van der Waals surface area contributed by atoms with Crippen molar-refractivity contribution in [2.75, 3.05) is 11.5 Å². The number of thioether (sulfide) groups is 2. The number of β-lactam (4-membered cyclic amide) rings is 1. The van der Waals surface area contributed by atoms with E-state index in [9.17, 15) is 29.1 Å². The number of nitrogens with one attached hydrogen (secondary N) is 2. The fourth-order valence-electron chi connectivity index (χ4n) is 3.76. The Morgan fingerprint density at radius 3 is 2.68 bits per heavy atom. The van der Waals surface area contributed by atoms with Gasteiger partial charge in [-0.25, -0.2) is 9.89 Å². The molecule has 178 valence electrons. The number of fused-ring (bicyclic) bond motifs is 1. The topological polar surface area (TPSA) is 154 Å². The number of amides is 2. The number of carbonyl (C=O) groups excluding carboxylic acids is 2. The van der Waals surface area contributed by atoms with Crippen molar-refractivity contribution in [1.29, 1.82) is 0 Å². The smallest absolute Gasteiger partial charge is 0.352 e. The Hall–Kier alpha value is -3.32. The average Bonchev–Trinajstić information content (AvgIpc) is 2.83. The van der Waals surface area contributed by atoms with E-state index in [0.717, 1.165) is 17.3 Å². The minimum atomic E-state index is -1.24. The molecule has 4 rings (SSSR count). The van der Waals surface area contributed by atoms with E-state index in [0.29, 0.717) is 11.3 Å². The minimum Gasteiger partial charge on any atom is -0.477 e. The highest BCUT2D eigenvalue weighted by molar-refractivity contribution is 8.01. The molecule has 2 atom stereocenters. The van der Waals surface area contributed by atoms with E-state index in [1.165, 1.54) is 21.2 Å². The number of benzene rings is 1. The van der Waals surface area contributed by atoms with Gasteiger partial charge in [0, 0.05) is 18.1 Å². The van der Waals surface area contributed by atoms with E-state index in [1.807, 2.05) is 30.3 Å². The fraction of sp³-hybridized carbons (Fsp3) is 0.333. The molecule has 0 aliphatic carbocycles. The lowest BCUT2D eigenvalue weighted by atomic mass is 10.0. The Balaban J connectivity index is 1.48. The van der Waals surface area contributed by atoms with E-state index in [4.69, 9.17) is 0 Å². The molecular formula is C21H21N5O6S2. The zero-order valence-corrected chi connectivity index (χ0v) is 19.6. The maximum atomic E-state index is 12.8. The van der Waals surface area contributed by atoms with E-state index in [2.05, 4.69) is 15.5 Å². The second-order valence-electron chi connectivity index (χ2n) is 7.55. The summed E-state index contributed by atoms with van der Waals surface area (Å²) in [4.78, 5) is 61.9. The van der Waals surface area contributed by atoms with Crippen molar-refractivity contribution in [2.24, 2.45) is 0 Å². The third-order valence-corrected chi connectivity index (χ3v) is 7.79. The summed E-state index contributed by atoms with van der Waals surface area (Å²) in [5.41, 5.74) is -0.391. The molecule has 3 N–H and O–H groups in total. The summed E-state index contributed by atoms with van der Waals surface area (Å²) in [5.74, 6) is -1.55. The summed E-state index contributed by atoms with van der Waals surface area (Å²) in [5, 5.41) is 18.3. The highest BCUT2D eigenvalue weighted by atomic mass is 32.2. The predicted molar refractivity (Wildman–Crippen MR) is 125 cm³/mol. The Labute approximate surface area is 201 Å². The first-order valence-corrected chi connectivity index (χ1v) is 12.4. The molecule has 2 aliphatic rings. The number of aromatic amines is 1.